The number of hydrogen-bond donors (Lipinski definition) is 2. The third-order valence-electron chi connectivity index (χ3n) is 5.22. The van der Waals surface area contributed by atoms with Crippen molar-refractivity contribution < 1.29 is 9.59 Å². The average molecular weight is 359 g/mol. The zero-order valence-electron chi connectivity index (χ0n) is 15.3. The predicted octanol–water partition coefficient (Wildman–Crippen LogP) is 4.06. The molecule has 1 saturated carbocycles. The Kier molecular flexibility index (Phi) is 4.36. The number of fused-ring (bicyclic) bond motifs is 1. The SMILES string of the molecule is Cc1cccc(NC(=O)C2CC2C(=O)Nc2cccc3cccnc23)c1C. The molecule has 2 atom stereocenters. The second kappa shape index (κ2) is 6.83. The summed E-state index contributed by atoms with van der Waals surface area (Å²) in [5.41, 5.74) is 4.42. The highest BCUT2D eigenvalue weighted by Gasteiger charge is 2.48. The first-order valence-electron chi connectivity index (χ1n) is 9.06. The topological polar surface area (TPSA) is 71.1 Å². The number of amides is 2. The van der Waals surface area contributed by atoms with E-state index in [1.165, 1.54) is 0 Å². The van der Waals surface area contributed by atoms with Gasteiger partial charge in [0.1, 0.15) is 0 Å². The van der Waals surface area contributed by atoms with E-state index in [-0.39, 0.29) is 23.7 Å². The van der Waals surface area contributed by atoms with Crippen LogP contribution in [0.15, 0.2) is 54.7 Å². The van der Waals surface area contributed by atoms with Crippen molar-refractivity contribution in [2.45, 2.75) is 20.3 Å². The van der Waals surface area contributed by atoms with Gasteiger partial charge in [-0.15, -0.1) is 0 Å². The second-order valence-electron chi connectivity index (χ2n) is 7.06. The van der Waals surface area contributed by atoms with Crippen molar-refractivity contribution in [1.29, 1.82) is 0 Å². The lowest BCUT2D eigenvalue weighted by atomic mass is 10.1. The Balaban J connectivity index is 1.43. The van der Waals surface area contributed by atoms with Crippen LogP contribution < -0.4 is 10.6 Å². The Labute approximate surface area is 157 Å². The van der Waals surface area contributed by atoms with Crippen molar-refractivity contribution in [1.82, 2.24) is 4.98 Å². The summed E-state index contributed by atoms with van der Waals surface area (Å²) in [5.74, 6) is -0.809. The molecule has 1 heterocycles. The molecule has 136 valence electrons. The summed E-state index contributed by atoms with van der Waals surface area (Å²) >= 11 is 0. The average Bonchev–Trinajstić information content (AvgIpc) is 3.47. The van der Waals surface area contributed by atoms with Crippen LogP contribution in [-0.4, -0.2) is 16.8 Å². The number of hydrogen-bond acceptors (Lipinski definition) is 3. The number of carbonyl (C=O) groups is 2. The van der Waals surface area contributed by atoms with Gasteiger partial charge in [-0.05, 0) is 49.6 Å². The molecule has 0 radical (unpaired) electrons. The number of rotatable bonds is 4. The Morgan fingerprint density at radius 2 is 1.52 bits per heavy atom. The number of anilines is 2. The molecule has 0 bridgehead atoms. The standard InChI is InChI=1S/C22H21N3O2/c1-13-6-3-9-18(14(13)2)24-21(26)16-12-17(16)22(27)25-19-10-4-7-15-8-5-11-23-20(15)19/h3-11,16-17H,12H2,1-2H3,(H,24,26)(H,25,27). The van der Waals surface area contributed by atoms with E-state index in [2.05, 4.69) is 15.6 Å². The summed E-state index contributed by atoms with van der Waals surface area (Å²) in [5, 5.41) is 6.86. The van der Waals surface area contributed by atoms with Crippen molar-refractivity contribution in [3.05, 3.63) is 65.9 Å². The van der Waals surface area contributed by atoms with Gasteiger partial charge >= 0.3 is 0 Å². The van der Waals surface area contributed by atoms with E-state index in [1.807, 2.05) is 62.4 Å². The zero-order valence-corrected chi connectivity index (χ0v) is 15.3. The molecule has 5 heteroatoms. The summed E-state index contributed by atoms with van der Waals surface area (Å²) in [6.07, 6.45) is 2.27. The molecule has 5 nitrogen and oxygen atoms in total. The number of nitrogens with zero attached hydrogens (tertiary/aromatic N) is 1. The first-order chi connectivity index (χ1) is 13.0. The Bertz CT molecular complexity index is 1040. The van der Waals surface area contributed by atoms with Crippen LogP contribution in [0.2, 0.25) is 0 Å². The summed E-state index contributed by atoms with van der Waals surface area (Å²) < 4.78 is 0. The number of nitrogens with one attached hydrogen (secondary N) is 2. The molecule has 1 aromatic heterocycles. The van der Waals surface area contributed by atoms with E-state index in [9.17, 15) is 9.59 Å². The van der Waals surface area contributed by atoms with Crippen LogP contribution in [-0.2, 0) is 9.59 Å². The van der Waals surface area contributed by atoms with Crippen LogP contribution in [0.5, 0.6) is 0 Å². The van der Waals surface area contributed by atoms with Gasteiger partial charge in [-0.25, -0.2) is 0 Å². The fourth-order valence-corrected chi connectivity index (χ4v) is 3.32. The molecule has 2 unspecified atom stereocenters. The molecule has 0 spiro atoms. The van der Waals surface area contributed by atoms with E-state index < -0.39 is 0 Å². The summed E-state index contributed by atoms with van der Waals surface area (Å²) in [7, 11) is 0. The highest BCUT2D eigenvalue weighted by molar-refractivity contribution is 6.06. The number of para-hydroxylation sites is 1. The lowest BCUT2D eigenvalue weighted by molar-refractivity contribution is -0.122. The van der Waals surface area contributed by atoms with Gasteiger partial charge in [0.15, 0.2) is 0 Å². The smallest absolute Gasteiger partial charge is 0.228 e. The zero-order chi connectivity index (χ0) is 19.0. The normalized spacial score (nSPS) is 18.1. The number of benzene rings is 2. The highest BCUT2D eigenvalue weighted by Crippen LogP contribution is 2.40. The molecule has 2 N–H and O–H groups in total. The van der Waals surface area contributed by atoms with Gasteiger partial charge in [0.05, 0.1) is 23.0 Å². The van der Waals surface area contributed by atoms with Crippen molar-refractivity contribution in [3.63, 3.8) is 0 Å². The monoisotopic (exact) mass is 359 g/mol. The third kappa shape index (κ3) is 3.40. The Hall–Kier alpha value is -3.21. The predicted molar refractivity (Wildman–Crippen MR) is 107 cm³/mol. The maximum atomic E-state index is 12.6. The first-order valence-corrected chi connectivity index (χ1v) is 9.06. The largest absolute Gasteiger partial charge is 0.326 e. The molecule has 1 fully saturated rings. The van der Waals surface area contributed by atoms with E-state index >= 15 is 0 Å². The molecular weight excluding hydrogens is 338 g/mol. The van der Waals surface area contributed by atoms with Gasteiger partial charge in [0.25, 0.3) is 0 Å². The van der Waals surface area contributed by atoms with Gasteiger partial charge in [-0.3, -0.25) is 14.6 Å². The summed E-state index contributed by atoms with van der Waals surface area (Å²) in [6, 6.07) is 15.3. The molecule has 1 aliphatic rings. The molecule has 4 rings (SSSR count). The molecule has 0 aliphatic heterocycles. The minimum atomic E-state index is -0.297. The summed E-state index contributed by atoms with van der Waals surface area (Å²) in [4.78, 5) is 29.5. The Morgan fingerprint density at radius 3 is 2.30 bits per heavy atom. The maximum Gasteiger partial charge on any atom is 0.228 e. The van der Waals surface area contributed by atoms with Gasteiger partial charge in [0, 0.05) is 17.3 Å². The number of carbonyl (C=O) groups excluding carboxylic acids is 2. The van der Waals surface area contributed by atoms with Crippen LogP contribution in [0.4, 0.5) is 11.4 Å². The summed E-state index contributed by atoms with van der Waals surface area (Å²) in [6.45, 7) is 3.99. The van der Waals surface area contributed by atoms with E-state index in [0.29, 0.717) is 12.1 Å². The Morgan fingerprint density at radius 1 is 0.889 bits per heavy atom. The van der Waals surface area contributed by atoms with Gasteiger partial charge < -0.3 is 10.6 Å². The second-order valence-corrected chi connectivity index (χ2v) is 7.06. The molecule has 27 heavy (non-hydrogen) atoms. The first kappa shape index (κ1) is 17.2. The van der Waals surface area contributed by atoms with Crippen molar-refractivity contribution >= 4 is 34.1 Å². The van der Waals surface area contributed by atoms with E-state index in [1.54, 1.807) is 6.20 Å². The minimum Gasteiger partial charge on any atom is -0.326 e. The van der Waals surface area contributed by atoms with Crippen LogP contribution in [0.3, 0.4) is 0 Å². The fourth-order valence-electron chi connectivity index (χ4n) is 3.32. The highest BCUT2D eigenvalue weighted by atomic mass is 16.2. The molecule has 0 saturated heterocycles. The number of pyridine rings is 1. The molecular formula is C22H21N3O2. The van der Waals surface area contributed by atoms with Gasteiger partial charge in [-0.1, -0.05) is 30.3 Å². The third-order valence-corrected chi connectivity index (χ3v) is 5.22. The van der Waals surface area contributed by atoms with E-state index in [4.69, 9.17) is 0 Å². The van der Waals surface area contributed by atoms with Crippen molar-refractivity contribution in [2.75, 3.05) is 10.6 Å². The quantitative estimate of drug-likeness (QED) is 0.738. The maximum absolute atomic E-state index is 12.6. The van der Waals surface area contributed by atoms with Crippen LogP contribution in [0.1, 0.15) is 17.5 Å². The lowest BCUT2D eigenvalue weighted by Crippen LogP contribution is -2.21. The van der Waals surface area contributed by atoms with Crippen molar-refractivity contribution in [2.24, 2.45) is 11.8 Å². The molecule has 2 aromatic carbocycles. The fraction of sp³-hybridized carbons (Fsp3) is 0.227. The molecule has 3 aromatic rings. The van der Waals surface area contributed by atoms with Crippen LogP contribution >= 0.6 is 0 Å². The number of aromatic nitrogens is 1. The lowest BCUT2D eigenvalue weighted by Gasteiger charge is -2.10. The molecule has 1 aliphatic carbocycles. The van der Waals surface area contributed by atoms with Gasteiger partial charge in [-0.2, -0.15) is 0 Å². The van der Waals surface area contributed by atoms with Gasteiger partial charge in [0.2, 0.25) is 11.8 Å². The van der Waals surface area contributed by atoms with Crippen LogP contribution in [0.25, 0.3) is 10.9 Å². The van der Waals surface area contributed by atoms with Crippen molar-refractivity contribution in [3.8, 4) is 0 Å². The minimum absolute atomic E-state index is 0.0973. The molecule has 2 amide bonds. The van der Waals surface area contributed by atoms with E-state index in [0.717, 1.165) is 27.7 Å². The van der Waals surface area contributed by atoms with Crippen LogP contribution in [0, 0.1) is 25.7 Å². The number of aryl methyl sites for hydroxylation is 1.